The topological polar surface area (TPSA) is 43.1 Å². The molecule has 0 radical (unpaired) electrons. The third-order valence-electron chi connectivity index (χ3n) is 2.76. The van der Waals surface area contributed by atoms with Crippen molar-refractivity contribution in [3.8, 4) is 0 Å². The Morgan fingerprint density at radius 1 is 1.35 bits per heavy atom. The van der Waals surface area contributed by atoms with E-state index in [1.807, 2.05) is 45.9 Å². The monoisotopic (exact) mass is 231 g/mol. The molecule has 2 rings (SSSR count). The van der Waals surface area contributed by atoms with E-state index in [9.17, 15) is 4.79 Å². The van der Waals surface area contributed by atoms with E-state index in [-0.39, 0.29) is 11.2 Å². The number of ketones is 1. The lowest BCUT2D eigenvalue weighted by Gasteiger charge is -2.16. The maximum absolute atomic E-state index is 11.9. The van der Waals surface area contributed by atoms with Crippen molar-refractivity contribution in [3.05, 3.63) is 29.7 Å². The van der Waals surface area contributed by atoms with Gasteiger partial charge in [0.25, 0.3) is 0 Å². The van der Waals surface area contributed by atoms with Gasteiger partial charge < -0.3 is 4.42 Å². The quantitative estimate of drug-likeness (QED) is 0.796. The van der Waals surface area contributed by atoms with Crippen LogP contribution >= 0.6 is 0 Å². The van der Waals surface area contributed by atoms with Crippen LogP contribution in [-0.2, 0) is 11.2 Å². The van der Waals surface area contributed by atoms with Crippen molar-refractivity contribution in [2.24, 2.45) is 5.41 Å². The zero-order valence-corrected chi connectivity index (χ0v) is 10.7. The van der Waals surface area contributed by atoms with Crippen molar-refractivity contribution in [1.29, 1.82) is 0 Å². The summed E-state index contributed by atoms with van der Waals surface area (Å²) in [6.45, 7) is 7.64. The van der Waals surface area contributed by atoms with Crippen molar-refractivity contribution < 1.29 is 9.21 Å². The van der Waals surface area contributed by atoms with Gasteiger partial charge in [-0.2, -0.15) is 0 Å². The molecule has 0 N–H and O–H groups in total. The lowest BCUT2D eigenvalue weighted by molar-refractivity contribution is -0.125. The summed E-state index contributed by atoms with van der Waals surface area (Å²) in [4.78, 5) is 16.2. The summed E-state index contributed by atoms with van der Waals surface area (Å²) < 4.78 is 5.40. The summed E-state index contributed by atoms with van der Waals surface area (Å²) >= 11 is 0. The number of carbonyl (C=O) groups excluding carboxylic acids is 1. The van der Waals surface area contributed by atoms with Gasteiger partial charge in [0.2, 0.25) is 0 Å². The molecule has 0 aliphatic rings. The lowest BCUT2D eigenvalue weighted by Crippen LogP contribution is -2.21. The van der Waals surface area contributed by atoms with Gasteiger partial charge in [-0.25, -0.2) is 4.98 Å². The van der Waals surface area contributed by atoms with Crippen molar-refractivity contribution in [2.75, 3.05) is 0 Å². The van der Waals surface area contributed by atoms with Crippen molar-refractivity contribution >= 4 is 16.9 Å². The van der Waals surface area contributed by atoms with Gasteiger partial charge in [-0.15, -0.1) is 0 Å². The number of Topliss-reactive ketones (excluding diaryl/α,β-unsaturated/α-hetero) is 1. The first-order valence-electron chi connectivity index (χ1n) is 5.75. The summed E-state index contributed by atoms with van der Waals surface area (Å²) in [6, 6.07) is 5.73. The molecule has 1 aromatic heterocycles. The standard InChI is InChI=1S/C14H17NO2/c1-9-15-11-7-10(5-6-12(11)17-9)8-13(16)14(2,3)4/h5-7H,8H2,1-4H3. The molecule has 0 spiro atoms. The minimum absolute atomic E-state index is 0.233. The fraction of sp³-hybridized carbons (Fsp3) is 0.429. The molecule has 0 aliphatic carbocycles. The third-order valence-corrected chi connectivity index (χ3v) is 2.76. The zero-order chi connectivity index (χ0) is 12.6. The number of fused-ring (bicyclic) bond motifs is 1. The summed E-state index contributed by atoms with van der Waals surface area (Å²) in [5, 5.41) is 0. The zero-order valence-electron chi connectivity index (χ0n) is 10.7. The highest BCUT2D eigenvalue weighted by molar-refractivity contribution is 5.86. The molecular formula is C14H17NO2. The molecule has 1 aromatic carbocycles. The fourth-order valence-electron chi connectivity index (χ4n) is 1.65. The van der Waals surface area contributed by atoms with Crippen LogP contribution in [0, 0.1) is 12.3 Å². The van der Waals surface area contributed by atoms with Crippen molar-refractivity contribution in [3.63, 3.8) is 0 Å². The Labute approximate surface area is 101 Å². The Balaban J connectivity index is 2.28. The van der Waals surface area contributed by atoms with E-state index < -0.39 is 0 Å². The average molecular weight is 231 g/mol. The van der Waals surface area contributed by atoms with Crippen LogP contribution in [0.1, 0.15) is 32.2 Å². The van der Waals surface area contributed by atoms with Crippen LogP contribution in [0.25, 0.3) is 11.1 Å². The van der Waals surface area contributed by atoms with E-state index in [0.717, 1.165) is 16.7 Å². The second-order valence-electron chi connectivity index (χ2n) is 5.38. The van der Waals surface area contributed by atoms with Gasteiger partial charge in [-0.3, -0.25) is 4.79 Å². The lowest BCUT2D eigenvalue weighted by atomic mass is 9.87. The Bertz CT molecular complexity index is 561. The number of oxazole rings is 1. The SMILES string of the molecule is Cc1nc2cc(CC(=O)C(C)(C)C)ccc2o1. The molecular weight excluding hydrogens is 214 g/mol. The molecule has 0 aliphatic heterocycles. The smallest absolute Gasteiger partial charge is 0.192 e. The number of nitrogens with zero attached hydrogens (tertiary/aromatic N) is 1. The predicted molar refractivity (Wildman–Crippen MR) is 66.9 cm³/mol. The Kier molecular flexibility index (Phi) is 2.77. The molecule has 0 saturated heterocycles. The molecule has 3 nitrogen and oxygen atoms in total. The van der Waals surface area contributed by atoms with Gasteiger partial charge in [0, 0.05) is 18.8 Å². The highest BCUT2D eigenvalue weighted by Gasteiger charge is 2.21. The van der Waals surface area contributed by atoms with Gasteiger partial charge in [0.15, 0.2) is 11.5 Å². The highest BCUT2D eigenvalue weighted by atomic mass is 16.3. The first-order valence-corrected chi connectivity index (χ1v) is 5.75. The van der Waals surface area contributed by atoms with Crippen molar-refractivity contribution in [1.82, 2.24) is 4.98 Å². The molecule has 0 fully saturated rings. The van der Waals surface area contributed by atoms with E-state index in [1.165, 1.54) is 0 Å². The number of aryl methyl sites for hydroxylation is 1. The molecule has 1 heterocycles. The fourth-order valence-corrected chi connectivity index (χ4v) is 1.65. The van der Waals surface area contributed by atoms with Gasteiger partial charge in [0.1, 0.15) is 11.3 Å². The number of carbonyl (C=O) groups is 1. The second-order valence-corrected chi connectivity index (χ2v) is 5.38. The van der Waals surface area contributed by atoms with Crippen molar-refractivity contribution in [2.45, 2.75) is 34.1 Å². The maximum Gasteiger partial charge on any atom is 0.192 e. The number of hydrogen-bond donors (Lipinski definition) is 0. The molecule has 90 valence electrons. The van der Waals surface area contributed by atoms with Crippen LogP contribution in [0.15, 0.2) is 22.6 Å². The van der Waals surface area contributed by atoms with Crippen LogP contribution in [0.4, 0.5) is 0 Å². The van der Waals surface area contributed by atoms with Gasteiger partial charge >= 0.3 is 0 Å². The summed E-state index contributed by atoms with van der Waals surface area (Å²) in [6.07, 6.45) is 0.450. The third kappa shape index (κ3) is 2.54. The summed E-state index contributed by atoms with van der Waals surface area (Å²) in [5.41, 5.74) is 2.29. The molecule has 0 atom stereocenters. The van der Waals surface area contributed by atoms with E-state index in [0.29, 0.717) is 12.3 Å². The highest BCUT2D eigenvalue weighted by Crippen LogP contribution is 2.21. The summed E-state index contributed by atoms with van der Waals surface area (Å²) in [7, 11) is 0. The predicted octanol–water partition coefficient (Wildman–Crippen LogP) is 3.29. The minimum atomic E-state index is -0.297. The van der Waals surface area contributed by atoms with Crippen LogP contribution in [-0.4, -0.2) is 10.8 Å². The number of benzene rings is 1. The van der Waals surface area contributed by atoms with E-state index in [2.05, 4.69) is 4.98 Å². The maximum atomic E-state index is 11.9. The van der Waals surface area contributed by atoms with Crippen LogP contribution in [0.5, 0.6) is 0 Å². The van der Waals surface area contributed by atoms with E-state index >= 15 is 0 Å². The first kappa shape index (κ1) is 11.8. The minimum Gasteiger partial charge on any atom is -0.441 e. The van der Waals surface area contributed by atoms with Crippen LogP contribution < -0.4 is 0 Å². The number of aromatic nitrogens is 1. The van der Waals surface area contributed by atoms with Gasteiger partial charge in [0.05, 0.1) is 0 Å². The molecule has 17 heavy (non-hydrogen) atoms. The van der Waals surface area contributed by atoms with Gasteiger partial charge in [-0.1, -0.05) is 26.8 Å². The first-order chi connectivity index (χ1) is 7.86. The normalized spacial score (nSPS) is 12.0. The Morgan fingerprint density at radius 3 is 2.71 bits per heavy atom. The number of rotatable bonds is 2. The van der Waals surface area contributed by atoms with E-state index in [4.69, 9.17) is 4.42 Å². The Hall–Kier alpha value is -1.64. The van der Waals surface area contributed by atoms with E-state index in [1.54, 1.807) is 0 Å². The molecule has 0 amide bonds. The van der Waals surface area contributed by atoms with Gasteiger partial charge in [-0.05, 0) is 17.7 Å². The average Bonchev–Trinajstić information content (AvgIpc) is 2.55. The number of hydrogen-bond acceptors (Lipinski definition) is 3. The summed E-state index contributed by atoms with van der Waals surface area (Å²) in [5.74, 6) is 0.886. The second kappa shape index (κ2) is 3.99. The molecule has 3 heteroatoms. The van der Waals surface area contributed by atoms with Crippen LogP contribution in [0.2, 0.25) is 0 Å². The Morgan fingerprint density at radius 2 is 2.06 bits per heavy atom. The van der Waals surface area contributed by atoms with Crippen LogP contribution in [0.3, 0.4) is 0 Å². The molecule has 0 unspecified atom stereocenters. The molecule has 2 aromatic rings. The largest absolute Gasteiger partial charge is 0.441 e. The molecule has 0 bridgehead atoms. The molecule has 0 saturated carbocycles.